The molecular weight excluding hydrogens is 653 g/mol. The molecular formula is C47H38N2O2Si. The number of rotatable bonds is 7. The Morgan fingerprint density at radius 3 is 1.23 bits per heavy atom. The van der Waals surface area contributed by atoms with Gasteiger partial charge >= 0.3 is 0 Å². The average molecular weight is 691 g/mol. The Morgan fingerprint density at radius 2 is 0.846 bits per heavy atom. The van der Waals surface area contributed by atoms with Crippen LogP contribution in [0.1, 0.15) is 40.3 Å². The Labute approximate surface area is 304 Å². The highest BCUT2D eigenvalue weighted by Gasteiger charge is 2.46. The molecule has 0 radical (unpaired) electrons. The number of fused-ring (bicyclic) bond motifs is 2. The van der Waals surface area contributed by atoms with Crippen LogP contribution in [0.5, 0.6) is 0 Å². The molecule has 1 aliphatic rings. The second kappa shape index (κ2) is 12.6. The number of aryl methyl sites for hydroxylation is 2. The lowest BCUT2D eigenvalue weighted by Gasteiger charge is -2.30. The number of hydrogen-bond acceptors (Lipinski definition) is 4. The first kappa shape index (κ1) is 31.9. The van der Waals surface area contributed by atoms with Crippen LogP contribution in [-0.2, 0) is 0 Å². The molecule has 0 N–H and O–H groups in total. The van der Waals surface area contributed by atoms with Crippen molar-refractivity contribution in [2.75, 3.05) is 0 Å². The minimum absolute atomic E-state index is 0.643. The monoisotopic (exact) mass is 690 g/mol. The van der Waals surface area contributed by atoms with E-state index in [1.807, 2.05) is 12.1 Å². The second-order valence-electron chi connectivity index (χ2n) is 14.1. The number of hydrogen-bond donors (Lipinski definition) is 0. The van der Waals surface area contributed by atoms with Crippen molar-refractivity contribution < 1.29 is 8.83 Å². The number of oxazole rings is 2. The molecule has 0 aliphatic carbocycles. The summed E-state index contributed by atoms with van der Waals surface area (Å²) in [4.78, 5) is 9.67. The summed E-state index contributed by atoms with van der Waals surface area (Å²) in [5, 5.41) is 2.90. The van der Waals surface area contributed by atoms with E-state index in [1.54, 1.807) is 0 Å². The van der Waals surface area contributed by atoms with Crippen molar-refractivity contribution in [3.63, 3.8) is 0 Å². The standard InChI is InChI=1S/C47H38N2O2Si/c1-5-52(4)44(34-18-22-36(23-19-34)46-48-38-28-30(2)16-26-40(38)50-46)42(32-12-8-6-9-13-32)43(33-14-10-7-11-15-33)45(52)35-20-24-37(25-21-35)47-49-39-29-31(3)17-27-41(39)51-47/h6-29H,5H2,1-4H3. The summed E-state index contributed by atoms with van der Waals surface area (Å²) in [6, 6.07) is 53.0. The first-order chi connectivity index (χ1) is 25.4. The Bertz CT molecular complexity index is 2480. The van der Waals surface area contributed by atoms with Gasteiger partial charge in [-0.2, -0.15) is 0 Å². The van der Waals surface area contributed by atoms with Gasteiger partial charge in [-0.15, -0.1) is 0 Å². The summed E-state index contributed by atoms with van der Waals surface area (Å²) in [5.41, 5.74) is 15.2. The molecule has 6 aromatic carbocycles. The molecule has 252 valence electrons. The quantitative estimate of drug-likeness (QED) is 0.156. The first-order valence-electron chi connectivity index (χ1n) is 18.0. The molecule has 5 heteroatoms. The van der Waals surface area contributed by atoms with Crippen molar-refractivity contribution >= 4 is 51.8 Å². The van der Waals surface area contributed by atoms with E-state index in [0.29, 0.717) is 11.8 Å². The van der Waals surface area contributed by atoms with Gasteiger partial charge in [-0.1, -0.05) is 117 Å². The van der Waals surface area contributed by atoms with Gasteiger partial charge in [0.15, 0.2) is 11.2 Å². The number of benzene rings is 6. The van der Waals surface area contributed by atoms with Crippen LogP contribution in [0.2, 0.25) is 12.6 Å². The lowest BCUT2D eigenvalue weighted by Crippen LogP contribution is -2.32. The fourth-order valence-corrected chi connectivity index (χ4v) is 12.1. The summed E-state index contributed by atoms with van der Waals surface area (Å²) >= 11 is 0. The zero-order valence-corrected chi connectivity index (χ0v) is 30.8. The number of nitrogens with zero attached hydrogens (tertiary/aromatic N) is 2. The zero-order chi connectivity index (χ0) is 35.4. The lowest BCUT2D eigenvalue weighted by atomic mass is 9.89. The Balaban J connectivity index is 1.21. The first-order valence-corrected chi connectivity index (χ1v) is 20.7. The van der Waals surface area contributed by atoms with Gasteiger partial charge in [0.05, 0.1) is 0 Å². The van der Waals surface area contributed by atoms with Crippen molar-refractivity contribution in [2.24, 2.45) is 0 Å². The average Bonchev–Trinajstić information content (AvgIpc) is 3.88. The summed E-state index contributed by atoms with van der Waals surface area (Å²) in [5.74, 6) is 1.29. The predicted molar refractivity (Wildman–Crippen MR) is 217 cm³/mol. The zero-order valence-electron chi connectivity index (χ0n) is 29.8. The van der Waals surface area contributed by atoms with Crippen LogP contribution in [0, 0.1) is 13.8 Å². The third kappa shape index (κ3) is 5.37. The van der Waals surface area contributed by atoms with Crippen molar-refractivity contribution in [3.05, 3.63) is 179 Å². The minimum atomic E-state index is -2.37. The van der Waals surface area contributed by atoms with E-state index >= 15 is 0 Å². The molecule has 3 heterocycles. The number of aromatic nitrogens is 2. The molecule has 1 aliphatic heterocycles. The lowest BCUT2D eigenvalue weighted by molar-refractivity contribution is 0.619. The molecule has 0 unspecified atom stereocenters. The fraction of sp³-hybridized carbons (Fsp3) is 0.106. The Morgan fingerprint density at radius 1 is 0.462 bits per heavy atom. The van der Waals surface area contributed by atoms with Crippen LogP contribution in [0.15, 0.2) is 154 Å². The van der Waals surface area contributed by atoms with Gasteiger partial charge in [-0.25, -0.2) is 9.97 Å². The van der Waals surface area contributed by atoms with Crippen molar-refractivity contribution in [1.82, 2.24) is 9.97 Å². The topological polar surface area (TPSA) is 52.1 Å². The van der Waals surface area contributed by atoms with Crippen molar-refractivity contribution in [1.29, 1.82) is 0 Å². The highest BCUT2D eigenvalue weighted by Crippen LogP contribution is 2.57. The summed E-state index contributed by atoms with van der Waals surface area (Å²) < 4.78 is 12.4. The third-order valence-corrected chi connectivity index (χ3v) is 15.3. The van der Waals surface area contributed by atoms with E-state index in [1.165, 1.54) is 54.9 Å². The number of allylic oxidation sites excluding steroid dienone is 2. The van der Waals surface area contributed by atoms with E-state index in [4.69, 9.17) is 18.8 Å². The van der Waals surface area contributed by atoms with Crippen LogP contribution in [0.25, 0.3) is 66.6 Å². The van der Waals surface area contributed by atoms with Gasteiger partial charge < -0.3 is 8.83 Å². The molecule has 9 rings (SSSR count). The van der Waals surface area contributed by atoms with Crippen molar-refractivity contribution in [2.45, 2.75) is 33.4 Å². The molecule has 8 aromatic rings. The maximum Gasteiger partial charge on any atom is 0.227 e. The highest BCUT2D eigenvalue weighted by atomic mass is 28.3. The molecule has 2 aromatic heterocycles. The fourth-order valence-electron chi connectivity index (χ4n) is 7.87. The van der Waals surface area contributed by atoms with Crippen LogP contribution >= 0.6 is 0 Å². The molecule has 0 saturated carbocycles. The molecule has 0 bridgehead atoms. The van der Waals surface area contributed by atoms with Crippen molar-refractivity contribution in [3.8, 4) is 22.9 Å². The van der Waals surface area contributed by atoms with E-state index in [0.717, 1.165) is 39.4 Å². The summed E-state index contributed by atoms with van der Waals surface area (Å²) in [7, 11) is -2.37. The maximum absolute atomic E-state index is 6.21. The SMILES string of the molecule is CC[Si]1(C)C(c2ccc(-c3nc4cc(C)ccc4o3)cc2)=C(c2ccccc2)C(c2ccccc2)=C1c1ccc(-c2nc3cc(C)ccc3o2)cc1. The van der Waals surface area contributed by atoms with Crippen LogP contribution < -0.4 is 0 Å². The predicted octanol–water partition coefficient (Wildman–Crippen LogP) is 12.6. The van der Waals surface area contributed by atoms with E-state index in [-0.39, 0.29) is 0 Å². The van der Waals surface area contributed by atoms with Gasteiger partial charge in [0.25, 0.3) is 0 Å². The largest absolute Gasteiger partial charge is 0.436 e. The maximum atomic E-state index is 6.21. The van der Waals surface area contributed by atoms with E-state index in [9.17, 15) is 0 Å². The van der Waals surface area contributed by atoms with Crippen LogP contribution in [0.3, 0.4) is 0 Å². The molecule has 0 fully saturated rings. The Kier molecular flexibility index (Phi) is 7.74. The van der Waals surface area contributed by atoms with Gasteiger partial charge in [-0.05, 0) is 117 Å². The third-order valence-electron chi connectivity index (χ3n) is 10.6. The summed E-state index contributed by atoms with van der Waals surface area (Å²) in [6.45, 7) is 9.07. The summed E-state index contributed by atoms with van der Waals surface area (Å²) in [6.07, 6.45) is 0. The van der Waals surface area contributed by atoms with Gasteiger partial charge in [0.2, 0.25) is 11.8 Å². The molecule has 0 spiro atoms. The van der Waals surface area contributed by atoms with Gasteiger partial charge in [0.1, 0.15) is 19.1 Å². The van der Waals surface area contributed by atoms with Gasteiger partial charge in [-0.3, -0.25) is 0 Å². The smallest absolute Gasteiger partial charge is 0.227 e. The molecule has 0 saturated heterocycles. The molecule has 0 amide bonds. The normalized spacial score (nSPS) is 14.2. The van der Waals surface area contributed by atoms with Crippen LogP contribution in [0.4, 0.5) is 0 Å². The highest BCUT2D eigenvalue weighted by molar-refractivity contribution is 7.13. The minimum Gasteiger partial charge on any atom is -0.436 e. The van der Waals surface area contributed by atoms with Gasteiger partial charge in [0, 0.05) is 11.1 Å². The molecule has 0 atom stereocenters. The van der Waals surface area contributed by atoms with Crippen LogP contribution in [-0.4, -0.2) is 18.0 Å². The Hall–Kier alpha value is -6.04. The second-order valence-corrected chi connectivity index (χ2v) is 18.4. The van der Waals surface area contributed by atoms with E-state index in [2.05, 4.69) is 161 Å². The molecule has 4 nitrogen and oxygen atoms in total. The van der Waals surface area contributed by atoms with E-state index < -0.39 is 8.07 Å². The molecule has 52 heavy (non-hydrogen) atoms.